The molecule has 0 spiro atoms. The highest BCUT2D eigenvalue weighted by Crippen LogP contribution is 2.30. The zero-order chi connectivity index (χ0) is 15.6. The van der Waals surface area contributed by atoms with Crippen molar-refractivity contribution in [3.05, 3.63) is 59.3 Å². The molecule has 1 amide bonds. The summed E-state index contributed by atoms with van der Waals surface area (Å²) in [5.41, 5.74) is 1.13. The number of hydrogen-bond donors (Lipinski definition) is 0. The second-order valence-electron chi connectivity index (χ2n) is 5.59. The van der Waals surface area contributed by atoms with Crippen molar-refractivity contribution in [3.8, 4) is 10.7 Å². The van der Waals surface area contributed by atoms with Gasteiger partial charge in [-0.1, -0.05) is 41.6 Å². The lowest BCUT2D eigenvalue weighted by Gasteiger charge is -2.15. The third kappa shape index (κ3) is 2.90. The second-order valence-corrected chi connectivity index (χ2v) is 6.54. The summed E-state index contributed by atoms with van der Waals surface area (Å²) in [5.74, 6) is 1.27. The summed E-state index contributed by atoms with van der Waals surface area (Å²) in [7, 11) is 0. The predicted molar refractivity (Wildman–Crippen MR) is 86.8 cm³/mol. The lowest BCUT2D eigenvalue weighted by Crippen LogP contribution is -2.24. The van der Waals surface area contributed by atoms with E-state index in [2.05, 4.69) is 10.1 Å². The van der Waals surface area contributed by atoms with Gasteiger partial charge in [0.1, 0.15) is 0 Å². The highest BCUT2D eigenvalue weighted by atomic mass is 32.1. The highest BCUT2D eigenvalue weighted by Gasteiger charge is 2.34. The number of nitrogens with zero attached hydrogens (tertiary/aromatic N) is 3. The monoisotopic (exact) mass is 325 g/mol. The Bertz CT molecular complexity index is 798. The van der Waals surface area contributed by atoms with Gasteiger partial charge in [-0.25, -0.2) is 0 Å². The van der Waals surface area contributed by atoms with Gasteiger partial charge in [0.25, 0.3) is 0 Å². The minimum absolute atomic E-state index is 0.0209. The average molecular weight is 325 g/mol. The molecule has 116 valence electrons. The Morgan fingerprint density at radius 2 is 2.09 bits per heavy atom. The van der Waals surface area contributed by atoms with Crippen LogP contribution < -0.4 is 0 Å². The standard InChI is InChI=1S/C17H15N3O2S/c21-15-9-13(11-20(15)10-12-5-2-1-3-6-12)17-18-16(19-22-17)14-7-4-8-23-14/h1-8,13H,9-11H2. The Kier molecular flexibility index (Phi) is 3.67. The molecule has 3 heterocycles. The summed E-state index contributed by atoms with van der Waals surface area (Å²) in [6, 6.07) is 13.9. The van der Waals surface area contributed by atoms with Crippen molar-refractivity contribution in [2.45, 2.75) is 18.9 Å². The van der Waals surface area contributed by atoms with Crippen LogP contribution in [0.4, 0.5) is 0 Å². The third-order valence-corrected chi connectivity index (χ3v) is 4.83. The van der Waals surface area contributed by atoms with Crippen LogP contribution in [0, 0.1) is 0 Å². The van der Waals surface area contributed by atoms with Crippen LogP contribution in [0.15, 0.2) is 52.4 Å². The van der Waals surface area contributed by atoms with Gasteiger partial charge in [0.05, 0.1) is 10.8 Å². The van der Waals surface area contributed by atoms with E-state index in [0.29, 0.717) is 31.2 Å². The van der Waals surface area contributed by atoms with Crippen molar-refractivity contribution in [2.75, 3.05) is 6.54 Å². The number of carbonyl (C=O) groups is 1. The Balaban J connectivity index is 1.48. The first kappa shape index (κ1) is 14.1. The van der Waals surface area contributed by atoms with Crippen LogP contribution in [0.3, 0.4) is 0 Å². The van der Waals surface area contributed by atoms with E-state index in [0.717, 1.165) is 10.4 Å². The molecule has 1 aliphatic heterocycles. The van der Waals surface area contributed by atoms with Gasteiger partial charge < -0.3 is 9.42 Å². The van der Waals surface area contributed by atoms with Crippen molar-refractivity contribution >= 4 is 17.2 Å². The number of thiophene rings is 1. The summed E-state index contributed by atoms with van der Waals surface area (Å²) in [6.07, 6.45) is 0.429. The Morgan fingerprint density at radius 3 is 2.87 bits per heavy atom. The number of amides is 1. The minimum Gasteiger partial charge on any atom is -0.339 e. The van der Waals surface area contributed by atoms with E-state index >= 15 is 0 Å². The fraction of sp³-hybridized carbons (Fsp3) is 0.235. The van der Waals surface area contributed by atoms with Gasteiger partial charge >= 0.3 is 0 Å². The van der Waals surface area contributed by atoms with Crippen LogP contribution in [0.25, 0.3) is 10.7 Å². The Hall–Kier alpha value is -2.47. The fourth-order valence-corrected chi connectivity index (χ4v) is 3.45. The smallest absolute Gasteiger partial charge is 0.232 e. The SMILES string of the molecule is O=C1CC(c2nc(-c3cccs3)no2)CN1Cc1ccccc1. The van der Waals surface area contributed by atoms with E-state index < -0.39 is 0 Å². The van der Waals surface area contributed by atoms with Crippen LogP contribution in [-0.4, -0.2) is 27.5 Å². The maximum Gasteiger partial charge on any atom is 0.232 e. The maximum absolute atomic E-state index is 12.2. The Labute approximate surface area is 137 Å². The van der Waals surface area contributed by atoms with Gasteiger partial charge in [-0.3, -0.25) is 4.79 Å². The first-order chi connectivity index (χ1) is 11.3. The van der Waals surface area contributed by atoms with E-state index in [-0.39, 0.29) is 11.8 Å². The summed E-state index contributed by atoms with van der Waals surface area (Å²) in [5, 5.41) is 6.01. The van der Waals surface area contributed by atoms with Gasteiger partial charge in [0.15, 0.2) is 0 Å². The molecule has 5 nitrogen and oxygen atoms in total. The van der Waals surface area contributed by atoms with Gasteiger partial charge in [0, 0.05) is 19.5 Å². The highest BCUT2D eigenvalue weighted by molar-refractivity contribution is 7.13. The number of rotatable bonds is 4. The topological polar surface area (TPSA) is 59.2 Å². The lowest BCUT2D eigenvalue weighted by atomic mass is 10.1. The molecule has 23 heavy (non-hydrogen) atoms. The van der Waals surface area contributed by atoms with Crippen LogP contribution in [0.1, 0.15) is 23.8 Å². The molecular formula is C17H15N3O2S. The second kappa shape index (κ2) is 5.96. The largest absolute Gasteiger partial charge is 0.339 e. The molecule has 0 N–H and O–H groups in total. The molecule has 4 rings (SSSR count). The van der Waals surface area contributed by atoms with E-state index in [4.69, 9.17) is 4.52 Å². The summed E-state index contributed by atoms with van der Waals surface area (Å²) in [4.78, 5) is 19.5. The molecule has 6 heteroatoms. The van der Waals surface area contributed by atoms with E-state index in [9.17, 15) is 4.79 Å². The maximum atomic E-state index is 12.2. The summed E-state index contributed by atoms with van der Waals surface area (Å²) >= 11 is 1.57. The van der Waals surface area contributed by atoms with Crippen LogP contribution >= 0.6 is 11.3 Å². The summed E-state index contributed by atoms with van der Waals surface area (Å²) < 4.78 is 5.39. The molecule has 3 aromatic rings. The molecule has 1 fully saturated rings. The van der Waals surface area contributed by atoms with Crippen molar-refractivity contribution in [1.82, 2.24) is 15.0 Å². The van der Waals surface area contributed by atoms with Gasteiger partial charge in [-0.2, -0.15) is 4.98 Å². The van der Waals surface area contributed by atoms with Crippen LogP contribution in [0.2, 0.25) is 0 Å². The molecule has 1 aliphatic rings. The normalized spacial score (nSPS) is 17.8. The fourth-order valence-electron chi connectivity index (χ4n) is 2.80. The van der Waals surface area contributed by atoms with Crippen molar-refractivity contribution in [3.63, 3.8) is 0 Å². The van der Waals surface area contributed by atoms with Gasteiger partial charge in [0.2, 0.25) is 17.6 Å². The minimum atomic E-state index is -0.0209. The first-order valence-corrected chi connectivity index (χ1v) is 8.37. The van der Waals surface area contributed by atoms with E-state index in [1.54, 1.807) is 11.3 Å². The van der Waals surface area contributed by atoms with Crippen LogP contribution in [0.5, 0.6) is 0 Å². The molecule has 1 atom stereocenters. The quantitative estimate of drug-likeness (QED) is 0.738. The molecule has 1 aromatic carbocycles. The number of likely N-dealkylation sites (tertiary alicyclic amines) is 1. The molecule has 0 bridgehead atoms. The van der Waals surface area contributed by atoms with E-state index in [1.807, 2.05) is 52.7 Å². The van der Waals surface area contributed by atoms with Crippen molar-refractivity contribution in [1.29, 1.82) is 0 Å². The zero-order valence-electron chi connectivity index (χ0n) is 12.4. The molecule has 0 aliphatic carbocycles. The average Bonchev–Trinajstić information content (AvgIpc) is 3.29. The van der Waals surface area contributed by atoms with E-state index in [1.165, 1.54) is 0 Å². The molecule has 0 saturated carbocycles. The molecule has 0 radical (unpaired) electrons. The predicted octanol–water partition coefficient (Wildman–Crippen LogP) is 3.31. The Morgan fingerprint density at radius 1 is 1.22 bits per heavy atom. The number of hydrogen-bond acceptors (Lipinski definition) is 5. The molecule has 1 unspecified atom stereocenters. The zero-order valence-corrected chi connectivity index (χ0v) is 13.2. The van der Waals surface area contributed by atoms with Crippen molar-refractivity contribution < 1.29 is 9.32 Å². The number of carbonyl (C=O) groups excluding carboxylic acids is 1. The third-order valence-electron chi connectivity index (χ3n) is 3.96. The van der Waals surface area contributed by atoms with Gasteiger partial charge in [-0.15, -0.1) is 11.3 Å². The summed E-state index contributed by atoms with van der Waals surface area (Å²) in [6.45, 7) is 1.25. The number of aromatic nitrogens is 2. The molecule has 1 saturated heterocycles. The number of benzene rings is 1. The van der Waals surface area contributed by atoms with Crippen LogP contribution in [-0.2, 0) is 11.3 Å². The molecule has 2 aromatic heterocycles. The molecular weight excluding hydrogens is 310 g/mol. The first-order valence-electron chi connectivity index (χ1n) is 7.49. The van der Waals surface area contributed by atoms with Gasteiger partial charge in [-0.05, 0) is 17.0 Å². The lowest BCUT2D eigenvalue weighted by molar-refractivity contribution is -0.128. The van der Waals surface area contributed by atoms with Crippen molar-refractivity contribution in [2.24, 2.45) is 0 Å².